The topological polar surface area (TPSA) is 15.3 Å². The molecule has 19 heavy (non-hydrogen) atoms. The fraction of sp³-hybridized carbons (Fsp3) is 0.600. The van der Waals surface area contributed by atoms with Gasteiger partial charge in [0.25, 0.3) is 0 Å². The Morgan fingerprint density at radius 1 is 1.47 bits per heavy atom. The number of rotatable bonds is 7. The quantitative estimate of drug-likeness (QED) is 0.795. The standard InChI is InChI=1S/C15H22BrClN2/c1-3-19(12-5-6-12)9-8-15(18-2)13-7-4-11(16)10-14(13)17/h4,7,10,12,15,18H,3,5-6,8-9H2,1-2H3. The molecule has 106 valence electrons. The van der Waals surface area contributed by atoms with E-state index in [1.807, 2.05) is 13.1 Å². The Hall–Kier alpha value is -0.0900. The molecule has 1 aliphatic carbocycles. The summed E-state index contributed by atoms with van der Waals surface area (Å²) in [5.74, 6) is 0. The first kappa shape index (κ1) is 15.3. The molecule has 0 spiro atoms. The fourth-order valence-corrected chi connectivity index (χ4v) is 3.38. The lowest BCUT2D eigenvalue weighted by Crippen LogP contribution is -2.30. The second-order valence-corrected chi connectivity index (χ2v) is 6.48. The first-order valence-electron chi connectivity index (χ1n) is 7.02. The minimum Gasteiger partial charge on any atom is -0.313 e. The normalized spacial score (nSPS) is 16.9. The van der Waals surface area contributed by atoms with Crippen molar-refractivity contribution in [1.82, 2.24) is 10.2 Å². The van der Waals surface area contributed by atoms with E-state index >= 15 is 0 Å². The van der Waals surface area contributed by atoms with Crippen LogP contribution < -0.4 is 5.32 Å². The maximum atomic E-state index is 6.34. The molecule has 4 heteroatoms. The van der Waals surface area contributed by atoms with Crippen molar-refractivity contribution >= 4 is 27.5 Å². The maximum Gasteiger partial charge on any atom is 0.0465 e. The van der Waals surface area contributed by atoms with Gasteiger partial charge in [0.2, 0.25) is 0 Å². The zero-order chi connectivity index (χ0) is 13.8. The summed E-state index contributed by atoms with van der Waals surface area (Å²) in [6, 6.07) is 7.31. The minimum atomic E-state index is 0.327. The lowest BCUT2D eigenvalue weighted by molar-refractivity contribution is 0.261. The van der Waals surface area contributed by atoms with Crippen molar-refractivity contribution in [3.8, 4) is 0 Å². The molecule has 2 nitrogen and oxygen atoms in total. The summed E-state index contributed by atoms with van der Waals surface area (Å²) in [6.45, 7) is 4.54. The molecule has 0 amide bonds. The van der Waals surface area contributed by atoms with Crippen LogP contribution in [0.2, 0.25) is 5.02 Å². The Kier molecular flexibility index (Phi) is 5.70. The number of nitrogens with one attached hydrogen (secondary N) is 1. The number of hydrogen-bond acceptors (Lipinski definition) is 2. The predicted molar refractivity (Wildman–Crippen MR) is 85.8 cm³/mol. The predicted octanol–water partition coefficient (Wildman–Crippen LogP) is 4.24. The number of halogens is 2. The molecule has 1 aromatic carbocycles. The van der Waals surface area contributed by atoms with Gasteiger partial charge in [-0.3, -0.25) is 0 Å². The molecular formula is C15H22BrClN2. The van der Waals surface area contributed by atoms with Crippen LogP contribution in [0.5, 0.6) is 0 Å². The highest BCUT2D eigenvalue weighted by atomic mass is 79.9. The van der Waals surface area contributed by atoms with Crippen molar-refractivity contribution in [3.05, 3.63) is 33.3 Å². The van der Waals surface area contributed by atoms with Crippen LogP contribution in [0, 0.1) is 0 Å². The highest BCUT2D eigenvalue weighted by Gasteiger charge is 2.28. The molecule has 0 heterocycles. The fourth-order valence-electron chi connectivity index (χ4n) is 2.57. The molecule has 1 fully saturated rings. The zero-order valence-corrected chi connectivity index (χ0v) is 14.0. The lowest BCUT2D eigenvalue weighted by Gasteiger charge is -2.24. The molecule has 2 rings (SSSR count). The van der Waals surface area contributed by atoms with E-state index in [4.69, 9.17) is 11.6 Å². The van der Waals surface area contributed by atoms with E-state index < -0.39 is 0 Å². The van der Waals surface area contributed by atoms with Gasteiger partial charge in [0.05, 0.1) is 0 Å². The van der Waals surface area contributed by atoms with Crippen LogP contribution in [0.15, 0.2) is 22.7 Å². The van der Waals surface area contributed by atoms with E-state index in [-0.39, 0.29) is 0 Å². The van der Waals surface area contributed by atoms with Crippen molar-refractivity contribution in [1.29, 1.82) is 0 Å². The highest BCUT2D eigenvalue weighted by molar-refractivity contribution is 9.10. The Labute approximate surface area is 129 Å². The maximum absolute atomic E-state index is 6.34. The number of benzene rings is 1. The molecule has 1 atom stereocenters. The summed E-state index contributed by atoms with van der Waals surface area (Å²) in [4.78, 5) is 2.58. The second-order valence-electron chi connectivity index (χ2n) is 5.16. The molecule has 0 radical (unpaired) electrons. The van der Waals surface area contributed by atoms with Crippen LogP contribution in [0.25, 0.3) is 0 Å². The van der Waals surface area contributed by atoms with Gasteiger partial charge in [0.1, 0.15) is 0 Å². The van der Waals surface area contributed by atoms with Crippen LogP contribution in [-0.4, -0.2) is 31.1 Å². The summed E-state index contributed by atoms with van der Waals surface area (Å²) in [7, 11) is 2.01. The summed E-state index contributed by atoms with van der Waals surface area (Å²) in [5, 5.41) is 4.23. The average Bonchev–Trinajstić information content (AvgIpc) is 3.20. The van der Waals surface area contributed by atoms with Crippen LogP contribution >= 0.6 is 27.5 Å². The van der Waals surface area contributed by atoms with Gasteiger partial charge < -0.3 is 10.2 Å². The van der Waals surface area contributed by atoms with E-state index in [2.05, 4.69) is 45.2 Å². The smallest absolute Gasteiger partial charge is 0.0465 e. The lowest BCUT2D eigenvalue weighted by atomic mass is 10.0. The zero-order valence-electron chi connectivity index (χ0n) is 11.6. The molecule has 0 bridgehead atoms. The van der Waals surface area contributed by atoms with E-state index in [9.17, 15) is 0 Å². The molecule has 1 saturated carbocycles. The molecule has 1 aromatic rings. The summed E-state index contributed by atoms with van der Waals surface area (Å²) in [5.41, 5.74) is 1.19. The van der Waals surface area contributed by atoms with Gasteiger partial charge in [-0.05, 0) is 50.6 Å². The van der Waals surface area contributed by atoms with Crippen molar-refractivity contribution in [2.24, 2.45) is 0 Å². The van der Waals surface area contributed by atoms with Gasteiger partial charge >= 0.3 is 0 Å². The molecule has 0 aliphatic heterocycles. The third kappa shape index (κ3) is 4.19. The molecule has 1 aliphatic rings. The third-order valence-corrected chi connectivity index (χ3v) is 4.68. The van der Waals surface area contributed by atoms with Crippen LogP contribution in [0.1, 0.15) is 37.8 Å². The molecule has 0 aromatic heterocycles. The summed E-state index contributed by atoms with van der Waals surface area (Å²) in [6.07, 6.45) is 3.84. The first-order chi connectivity index (χ1) is 9.15. The van der Waals surface area contributed by atoms with E-state index in [0.717, 1.165) is 35.0 Å². The minimum absolute atomic E-state index is 0.327. The van der Waals surface area contributed by atoms with Gasteiger partial charge in [-0.15, -0.1) is 0 Å². The second kappa shape index (κ2) is 7.07. The number of nitrogens with zero attached hydrogens (tertiary/aromatic N) is 1. The largest absolute Gasteiger partial charge is 0.313 e. The monoisotopic (exact) mass is 344 g/mol. The molecule has 0 saturated heterocycles. The molecule has 1 unspecified atom stereocenters. The average molecular weight is 346 g/mol. The van der Waals surface area contributed by atoms with Crippen LogP contribution in [-0.2, 0) is 0 Å². The van der Waals surface area contributed by atoms with Crippen molar-refractivity contribution < 1.29 is 0 Å². The van der Waals surface area contributed by atoms with E-state index in [0.29, 0.717) is 6.04 Å². The van der Waals surface area contributed by atoms with E-state index in [1.165, 1.54) is 18.4 Å². The Bertz CT molecular complexity index is 421. The van der Waals surface area contributed by atoms with Crippen LogP contribution in [0.3, 0.4) is 0 Å². The SMILES string of the molecule is CCN(CCC(NC)c1ccc(Br)cc1Cl)C1CC1. The first-order valence-corrected chi connectivity index (χ1v) is 8.19. The van der Waals surface area contributed by atoms with Gasteiger partial charge in [-0.2, -0.15) is 0 Å². The van der Waals surface area contributed by atoms with Crippen molar-refractivity contribution in [3.63, 3.8) is 0 Å². The van der Waals surface area contributed by atoms with Crippen molar-refractivity contribution in [2.45, 2.75) is 38.3 Å². The Morgan fingerprint density at radius 3 is 2.74 bits per heavy atom. The van der Waals surface area contributed by atoms with Gasteiger partial charge in [-0.1, -0.05) is 40.5 Å². The molecular weight excluding hydrogens is 324 g/mol. The van der Waals surface area contributed by atoms with Gasteiger partial charge in [0, 0.05) is 28.1 Å². The highest BCUT2D eigenvalue weighted by Crippen LogP contribution is 2.30. The Balaban J connectivity index is 1.98. The summed E-state index contributed by atoms with van der Waals surface area (Å²) < 4.78 is 1.03. The third-order valence-electron chi connectivity index (χ3n) is 3.86. The van der Waals surface area contributed by atoms with Gasteiger partial charge in [0.15, 0.2) is 0 Å². The molecule has 1 N–H and O–H groups in total. The Morgan fingerprint density at radius 2 is 2.21 bits per heavy atom. The van der Waals surface area contributed by atoms with Crippen LogP contribution in [0.4, 0.5) is 0 Å². The summed E-state index contributed by atoms with van der Waals surface area (Å²) >= 11 is 9.80. The van der Waals surface area contributed by atoms with E-state index in [1.54, 1.807) is 0 Å². The van der Waals surface area contributed by atoms with Crippen molar-refractivity contribution in [2.75, 3.05) is 20.1 Å². The number of hydrogen-bond donors (Lipinski definition) is 1. The van der Waals surface area contributed by atoms with Gasteiger partial charge in [-0.25, -0.2) is 0 Å².